The number of halogens is 1. The van der Waals surface area contributed by atoms with E-state index in [1.807, 2.05) is 31.2 Å². The lowest BCUT2D eigenvalue weighted by Gasteiger charge is -2.16. The van der Waals surface area contributed by atoms with E-state index in [-0.39, 0.29) is 11.7 Å². The Balaban J connectivity index is 2.19. The second-order valence-electron chi connectivity index (χ2n) is 4.10. The Bertz CT molecular complexity index is 602. The van der Waals surface area contributed by atoms with Gasteiger partial charge in [-0.3, -0.25) is 0 Å². The molecular weight excluding hydrogens is 264 g/mol. The third kappa shape index (κ3) is 3.23. The molecule has 2 N–H and O–H groups in total. The first-order chi connectivity index (χ1) is 9.08. The number of hydrogen-bond acceptors (Lipinski definition) is 3. The maximum Gasteiger partial charge on any atom is 0.354 e. The molecule has 1 atom stereocenters. The number of hydrogen-bond donors (Lipinski definition) is 2. The van der Waals surface area contributed by atoms with Crippen molar-refractivity contribution < 1.29 is 9.90 Å². The van der Waals surface area contributed by atoms with Crippen LogP contribution in [0.1, 0.15) is 29.0 Å². The van der Waals surface area contributed by atoms with E-state index < -0.39 is 5.97 Å². The molecule has 2 aromatic rings. The topological polar surface area (TPSA) is 62.2 Å². The van der Waals surface area contributed by atoms with E-state index in [1.165, 1.54) is 6.07 Å². The molecule has 1 heterocycles. The molecule has 5 heteroatoms. The first-order valence-corrected chi connectivity index (χ1v) is 6.17. The van der Waals surface area contributed by atoms with Gasteiger partial charge in [0.05, 0.1) is 6.04 Å². The van der Waals surface area contributed by atoms with Gasteiger partial charge in [-0.1, -0.05) is 35.9 Å². The van der Waals surface area contributed by atoms with Gasteiger partial charge in [-0.25, -0.2) is 9.78 Å². The molecule has 0 bridgehead atoms. The van der Waals surface area contributed by atoms with Gasteiger partial charge in [0.15, 0.2) is 5.69 Å². The van der Waals surface area contributed by atoms with Gasteiger partial charge in [-0.15, -0.1) is 0 Å². The molecule has 0 saturated carbocycles. The number of anilines is 1. The summed E-state index contributed by atoms with van der Waals surface area (Å²) in [5, 5.41) is 12.7. The summed E-state index contributed by atoms with van der Waals surface area (Å²) in [5.74, 6) is -0.540. The summed E-state index contributed by atoms with van der Waals surface area (Å²) in [4.78, 5) is 14.9. The molecule has 0 aliphatic carbocycles. The van der Waals surface area contributed by atoms with Crippen LogP contribution in [0.15, 0.2) is 42.5 Å². The molecule has 1 aromatic carbocycles. The highest BCUT2D eigenvalue weighted by Crippen LogP contribution is 2.24. The van der Waals surface area contributed by atoms with E-state index in [9.17, 15) is 4.79 Å². The van der Waals surface area contributed by atoms with Crippen molar-refractivity contribution in [3.63, 3.8) is 0 Å². The van der Waals surface area contributed by atoms with Crippen molar-refractivity contribution in [1.82, 2.24) is 4.98 Å². The van der Waals surface area contributed by atoms with E-state index in [0.29, 0.717) is 10.8 Å². The standard InChI is InChI=1S/C14H13ClN2O2/c1-9(10-5-2-3-6-11(10)15)16-13-8-4-7-12(17-13)14(18)19/h2-9H,1H3,(H,16,17)(H,18,19). The molecule has 0 aliphatic rings. The van der Waals surface area contributed by atoms with Crippen LogP contribution in [0.2, 0.25) is 5.02 Å². The summed E-state index contributed by atoms with van der Waals surface area (Å²) in [7, 11) is 0. The third-order valence-electron chi connectivity index (χ3n) is 2.70. The average Bonchev–Trinajstić information content (AvgIpc) is 2.39. The normalized spacial score (nSPS) is 11.9. The monoisotopic (exact) mass is 276 g/mol. The van der Waals surface area contributed by atoms with Crippen LogP contribution in [0.5, 0.6) is 0 Å². The zero-order valence-electron chi connectivity index (χ0n) is 10.3. The Hall–Kier alpha value is -2.07. The van der Waals surface area contributed by atoms with Crippen LogP contribution in [-0.2, 0) is 0 Å². The van der Waals surface area contributed by atoms with Gasteiger partial charge in [-0.2, -0.15) is 0 Å². The van der Waals surface area contributed by atoms with E-state index in [2.05, 4.69) is 10.3 Å². The minimum atomic E-state index is -1.05. The quantitative estimate of drug-likeness (QED) is 0.895. The molecule has 0 aliphatic heterocycles. The predicted molar refractivity (Wildman–Crippen MR) is 74.7 cm³/mol. The number of carboxylic acids is 1. The van der Waals surface area contributed by atoms with Crippen LogP contribution < -0.4 is 5.32 Å². The van der Waals surface area contributed by atoms with Crippen molar-refractivity contribution >= 4 is 23.4 Å². The SMILES string of the molecule is CC(Nc1cccc(C(=O)O)n1)c1ccccc1Cl. The maximum atomic E-state index is 10.9. The van der Waals surface area contributed by atoms with Crippen molar-refractivity contribution in [2.75, 3.05) is 5.32 Å². The molecule has 2 rings (SSSR count). The summed E-state index contributed by atoms with van der Waals surface area (Å²) in [6.07, 6.45) is 0. The van der Waals surface area contributed by atoms with Crippen LogP contribution in [0, 0.1) is 0 Å². The number of rotatable bonds is 4. The molecular formula is C14H13ClN2O2. The smallest absolute Gasteiger partial charge is 0.354 e. The molecule has 19 heavy (non-hydrogen) atoms. The highest BCUT2D eigenvalue weighted by atomic mass is 35.5. The number of benzene rings is 1. The van der Waals surface area contributed by atoms with Crippen molar-refractivity contribution in [3.8, 4) is 0 Å². The molecule has 0 amide bonds. The Morgan fingerprint density at radius 1 is 1.26 bits per heavy atom. The van der Waals surface area contributed by atoms with E-state index in [1.54, 1.807) is 12.1 Å². The summed E-state index contributed by atoms with van der Waals surface area (Å²) < 4.78 is 0. The first kappa shape index (κ1) is 13.4. The molecule has 1 unspecified atom stereocenters. The number of aromatic nitrogens is 1. The number of carboxylic acid groups (broad SMARTS) is 1. The lowest BCUT2D eigenvalue weighted by Crippen LogP contribution is -2.10. The third-order valence-corrected chi connectivity index (χ3v) is 3.05. The molecule has 4 nitrogen and oxygen atoms in total. The highest BCUT2D eigenvalue weighted by Gasteiger charge is 2.11. The van der Waals surface area contributed by atoms with Crippen molar-refractivity contribution in [1.29, 1.82) is 0 Å². The summed E-state index contributed by atoms with van der Waals surface area (Å²) >= 11 is 6.11. The molecule has 0 fully saturated rings. The molecule has 0 spiro atoms. The number of nitrogens with zero attached hydrogens (tertiary/aromatic N) is 1. The van der Waals surface area contributed by atoms with Gasteiger partial charge in [0.1, 0.15) is 5.82 Å². The van der Waals surface area contributed by atoms with Crippen molar-refractivity contribution in [3.05, 3.63) is 58.7 Å². The Morgan fingerprint density at radius 3 is 2.68 bits per heavy atom. The fourth-order valence-electron chi connectivity index (χ4n) is 1.76. The second-order valence-corrected chi connectivity index (χ2v) is 4.51. The predicted octanol–water partition coefficient (Wildman–Crippen LogP) is 3.61. The maximum absolute atomic E-state index is 10.9. The number of carbonyl (C=O) groups is 1. The summed E-state index contributed by atoms with van der Waals surface area (Å²) in [6.45, 7) is 1.94. The number of aromatic carboxylic acids is 1. The van der Waals surface area contributed by atoms with Gasteiger partial charge in [-0.05, 0) is 30.7 Å². The fourth-order valence-corrected chi connectivity index (χ4v) is 2.06. The fraction of sp³-hybridized carbons (Fsp3) is 0.143. The van der Waals surface area contributed by atoms with E-state index in [0.717, 1.165) is 5.56 Å². The van der Waals surface area contributed by atoms with Crippen LogP contribution in [0.25, 0.3) is 0 Å². The molecule has 0 radical (unpaired) electrons. The summed E-state index contributed by atoms with van der Waals surface area (Å²) in [6, 6.07) is 12.3. The Kier molecular flexibility index (Phi) is 4.02. The van der Waals surface area contributed by atoms with Gasteiger partial charge in [0.2, 0.25) is 0 Å². The molecule has 1 aromatic heterocycles. The van der Waals surface area contributed by atoms with Gasteiger partial charge in [0, 0.05) is 5.02 Å². The van der Waals surface area contributed by atoms with E-state index >= 15 is 0 Å². The van der Waals surface area contributed by atoms with Crippen LogP contribution >= 0.6 is 11.6 Å². The number of pyridine rings is 1. The van der Waals surface area contributed by atoms with Gasteiger partial charge >= 0.3 is 5.97 Å². The zero-order chi connectivity index (χ0) is 13.8. The van der Waals surface area contributed by atoms with Crippen molar-refractivity contribution in [2.45, 2.75) is 13.0 Å². The lowest BCUT2D eigenvalue weighted by atomic mass is 10.1. The average molecular weight is 277 g/mol. The molecule has 0 saturated heterocycles. The first-order valence-electron chi connectivity index (χ1n) is 5.79. The van der Waals surface area contributed by atoms with Crippen molar-refractivity contribution in [2.24, 2.45) is 0 Å². The zero-order valence-corrected chi connectivity index (χ0v) is 11.1. The second kappa shape index (κ2) is 5.71. The van der Waals surface area contributed by atoms with Gasteiger partial charge in [0.25, 0.3) is 0 Å². The Labute approximate surface area is 116 Å². The van der Waals surface area contributed by atoms with E-state index in [4.69, 9.17) is 16.7 Å². The van der Waals surface area contributed by atoms with Crippen LogP contribution in [0.3, 0.4) is 0 Å². The highest BCUT2D eigenvalue weighted by molar-refractivity contribution is 6.31. The molecule has 98 valence electrons. The van der Waals surface area contributed by atoms with Crippen LogP contribution in [-0.4, -0.2) is 16.1 Å². The number of nitrogens with one attached hydrogen (secondary N) is 1. The van der Waals surface area contributed by atoms with Gasteiger partial charge < -0.3 is 10.4 Å². The lowest BCUT2D eigenvalue weighted by molar-refractivity contribution is 0.0690. The summed E-state index contributed by atoms with van der Waals surface area (Å²) in [5.41, 5.74) is 0.947. The largest absolute Gasteiger partial charge is 0.477 e. The minimum Gasteiger partial charge on any atom is -0.477 e. The van der Waals surface area contributed by atoms with Crippen LogP contribution in [0.4, 0.5) is 5.82 Å². The Morgan fingerprint density at radius 2 is 2.00 bits per heavy atom. The minimum absolute atomic E-state index is 0.0105.